The third kappa shape index (κ3) is 4.80. The van der Waals surface area contributed by atoms with Gasteiger partial charge in [-0.15, -0.1) is 0 Å². The van der Waals surface area contributed by atoms with E-state index in [-0.39, 0.29) is 18.4 Å². The number of hydrogen-bond donors (Lipinski definition) is 1. The average molecular weight is 320 g/mol. The second kappa shape index (κ2) is 7.92. The highest BCUT2D eigenvalue weighted by Gasteiger charge is 2.23. The van der Waals surface area contributed by atoms with E-state index in [0.717, 1.165) is 25.8 Å². The number of nitrogens with zero attached hydrogens (tertiary/aromatic N) is 1. The molecular weight excluding hydrogens is 300 g/mol. The quantitative estimate of drug-likeness (QED) is 0.868. The molecule has 1 atom stereocenters. The minimum atomic E-state index is -2.85. The van der Waals surface area contributed by atoms with Gasteiger partial charge in [-0.3, -0.25) is 4.90 Å². The van der Waals surface area contributed by atoms with Crippen molar-refractivity contribution in [1.29, 1.82) is 0 Å². The predicted octanol–water partition coefficient (Wildman–Crippen LogP) is 3.68. The van der Waals surface area contributed by atoms with Gasteiger partial charge in [0.05, 0.1) is 0 Å². The van der Waals surface area contributed by atoms with Crippen molar-refractivity contribution in [2.75, 3.05) is 13.2 Å². The third-order valence-electron chi connectivity index (χ3n) is 3.82. The van der Waals surface area contributed by atoms with Crippen molar-refractivity contribution in [2.45, 2.75) is 44.9 Å². The summed E-state index contributed by atoms with van der Waals surface area (Å²) in [5.74, 6) is 0.169. The fraction of sp³-hybridized carbons (Fsp3) is 0.600. The van der Waals surface area contributed by atoms with Crippen molar-refractivity contribution in [2.24, 2.45) is 0 Å². The molecule has 0 amide bonds. The molecule has 0 aromatic heterocycles. The topological polar surface area (TPSA) is 32.7 Å². The number of benzene rings is 1. The summed E-state index contributed by atoms with van der Waals surface area (Å²) in [6, 6.07) is 4.98. The Labute approximate surface area is 128 Å². The van der Waals surface area contributed by atoms with E-state index in [4.69, 9.17) is 16.7 Å². The van der Waals surface area contributed by atoms with Gasteiger partial charge >= 0.3 is 6.61 Å². The van der Waals surface area contributed by atoms with E-state index in [2.05, 4.69) is 9.64 Å². The first-order valence-electron chi connectivity index (χ1n) is 7.18. The largest absolute Gasteiger partial charge is 0.434 e. The summed E-state index contributed by atoms with van der Waals surface area (Å²) in [5.41, 5.74) is 0.660. The van der Waals surface area contributed by atoms with Gasteiger partial charge in [-0.25, -0.2) is 0 Å². The highest BCUT2D eigenvalue weighted by Crippen LogP contribution is 2.29. The van der Waals surface area contributed by atoms with Gasteiger partial charge in [-0.1, -0.05) is 18.0 Å². The minimum absolute atomic E-state index is 0.136. The van der Waals surface area contributed by atoms with Crippen molar-refractivity contribution >= 4 is 11.6 Å². The molecule has 0 spiro atoms. The lowest BCUT2D eigenvalue weighted by molar-refractivity contribution is -0.0509. The van der Waals surface area contributed by atoms with E-state index in [1.54, 1.807) is 12.1 Å². The number of halogens is 3. The molecule has 0 saturated carbocycles. The molecular formula is C15H20ClF2NO2. The lowest BCUT2D eigenvalue weighted by Gasteiger charge is -2.35. The molecule has 2 rings (SSSR count). The SMILES string of the molecule is OCCC1CCCCN1Cc1cc(Cl)ccc1OC(F)F. The second-order valence-corrected chi connectivity index (χ2v) is 5.70. The molecule has 6 heteroatoms. The molecule has 118 valence electrons. The second-order valence-electron chi connectivity index (χ2n) is 5.26. The Morgan fingerprint density at radius 3 is 2.90 bits per heavy atom. The van der Waals surface area contributed by atoms with Gasteiger partial charge < -0.3 is 9.84 Å². The third-order valence-corrected chi connectivity index (χ3v) is 4.06. The fourth-order valence-corrected chi connectivity index (χ4v) is 3.04. The molecule has 1 aromatic carbocycles. The van der Waals surface area contributed by atoms with Crippen LogP contribution in [0.1, 0.15) is 31.2 Å². The molecule has 1 unspecified atom stereocenters. The molecule has 1 N–H and O–H groups in total. The molecule has 1 heterocycles. The maximum atomic E-state index is 12.5. The van der Waals surface area contributed by atoms with Gasteiger partial charge in [-0.2, -0.15) is 8.78 Å². The van der Waals surface area contributed by atoms with E-state index in [1.807, 2.05) is 0 Å². The minimum Gasteiger partial charge on any atom is -0.434 e. The number of hydrogen-bond acceptors (Lipinski definition) is 3. The number of ether oxygens (including phenoxy) is 1. The first-order valence-corrected chi connectivity index (χ1v) is 7.56. The first-order chi connectivity index (χ1) is 10.1. The monoisotopic (exact) mass is 319 g/mol. The van der Waals surface area contributed by atoms with Crippen LogP contribution < -0.4 is 4.74 Å². The van der Waals surface area contributed by atoms with Gasteiger partial charge in [0.25, 0.3) is 0 Å². The van der Waals surface area contributed by atoms with E-state index >= 15 is 0 Å². The zero-order valence-electron chi connectivity index (χ0n) is 11.8. The van der Waals surface area contributed by atoms with Gasteiger partial charge in [0, 0.05) is 29.8 Å². The Balaban J connectivity index is 2.14. The standard InChI is InChI=1S/C15H20ClF2NO2/c16-12-4-5-14(21-15(17)18)11(9-12)10-19-7-2-1-3-13(19)6-8-20/h4-5,9,13,15,20H,1-3,6-8,10H2. The Morgan fingerprint density at radius 2 is 2.19 bits per heavy atom. The summed E-state index contributed by atoms with van der Waals surface area (Å²) in [6.07, 6.45) is 3.93. The smallest absolute Gasteiger partial charge is 0.387 e. The molecule has 21 heavy (non-hydrogen) atoms. The number of aliphatic hydroxyl groups excluding tert-OH is 1. The Bertz CT molecular complexity index is 457. The summed E-state index contributed by atoms with van der Waals surface area (Å²) < 4.78 is 29.5. The Hall–Kier alpha value is -0.910. The van der Waals surface area contributed by atoms with Crippen molar-refractivity contribution in [3.05, 3.63) is 28.8 Å². The molecule has 0 aliphatic carbocycles. The van der Waals surface area contributed by atoms with Gasteiger partial charge in [0.1, 0.15) is 5.75 Å². The molecule has 0 bridgehead atoms. The van der Waals surface area contributed by atoms with Crippen LogP contribution in [0.3, 0.4) is 0 Å². The van der Waals surface area contributed by atoms with E-state index in [9.17, 15) is 8.78 Å². The number of likely N-dealkylation sites (tertiary alicyclic amines) is 1. The molecule has 3 nitrogen and oxygen atoms in total. The summed E-state index contributed by atoms with van der Waals surface area (Å²) in [7, 11) is 0. The van der Waals surface area contributed by atoms with Crippen LogP contribution in [-0.4, -0.2) is 35.8 Å². The summed E-state index contributed by atoms with van der Waals surface area (Å²) in [6.45, 7) is -1.31. The van der Waals surface area contributed by atoms with Crippen molar-refractivity contribution < 1.29 is 18.6 Å². The molecule has 1 aliphatic rings. The number of piperidine rings is 1. The number of aliphatic hydroxyl groups is 1. The lowest BCUT2D eigenvalue weighted by atomic mass is 9.98. The Morgan fingerprint density at radius 1 is 1.38 bits per heavy atom. The maximum absolute atomic E-state index is 12.5. The van der Waals surface area contributed by atoms with Crippen LogP contribution in [0.15, 0.2) is 18.2 Å². The van der Waals surface area contributed by atoms with Gasteiger partial charge in [-0.05, 0) is 44.0 Å². The van der Waals surface area contributed by atoms with E-state index < -0.39 is 6.61 Å². The molecule has 0 radical (unpaired) electrons. The summed E-state index contributed by atoms with van der Waals surface area (Å²) in [5, 5.41) is 9.65. The molecule has 1 aliphatic heterocycles. The molecule has 1 saturated heterocycles. The van der Waals surface area contributed by atoms with E-state index in [1.165, 1.54) is 6.07 Å². The highest BCUT2D eigenvalue weighted by molar-refractivity contribution is 6.30. The molecule has 1 fully saturated rings. The average Bonchev–Trinajstić information content (AvgIpc) is 2.44. The van der Waals surface area contributed by atoms with Gasteiger partial charge in [0.15, 0.2) is 0 Å². The number of rotatable bonds is 6. The lowest BCUT2D eigenvalue weighted by Crippen LogP contribution is -2.39. The van der Waals surface area contributed by atoms with Crippen LogP contribution in [-0.2, 0) is 6.54 Å². The zero-order chi connectivity index (χ0) is 15.2. The molecule has 1 aromatic rings. The van der Waals surface area contributed by atoms with Crippen molar-refractivity contribution in [3.63, 3.8) is 0 Å². The summed E-state index contributed by atoms with van der Waals surface area (Å²) in [4.78, 5) is 2.21. The van der Waals surface area contributed by atoms with Crippen LogP contribution in [0.25, 0.3) is 0 Å². The number of alkyl halides is 2. The summed E-state index contributed by atoms with van der Waals surface area (Å²) >= 11 is 5.97. The fourth-order valence-electron chi connectivity index (χ4n) is 2.85. The van der Waals surface area contributed by atoms with Crippen LogP contribution in [0.4, 0.5) is 8.78 Å². The van der Waals surface area contributed by atoms with Crippen LogP contribution in [0, 0.1) is 0 Å². The van der Waals surface area contributed by atoms with Crippen molar-refractivity contribution in [1.82, 2.24) is 4.90 Å². The first kappa shape index (κ1) is 16.5. The van der Waals surface area contributed by atoms with Crippen LogP contribution in [0.5, 0.6) is 5.75 Å². The van der Waals surface area contributed by atoms with Crippen LogP contribution >= 0.6 is 11.6 Å². The van der Waals surface area contributed by atoms with E-state index in [0.29, 0.717) is 23.6 Å². The van der Waals surface area contributed by atoms with Gasteiger partial charge in [0.2, 0.25) is 0 Å². The van der Waals surface area contributed by atoms with Crippen LogP contribution in [0.2, 0.25) is 5.02 Å². The zero-order valence-corrected chi connectivity index (χ0v) is 12.5. The normalized spacial score (nSPS) is 20.0. The Kier molecular flexibility index (Phi) is 6.21. The predicted molar refractivity (Wildman–Crippen MR) is 77.8 cm³/mol. The van der Waals surface area contributed by atoms with Crippen molar-refractivity contribution in [3.8, 4) is 5.75 Å². The highest BCUT2D eigenvalue weighted by atomic mass is 35.5. The maximum Gasteiger partial charge on any atom is 0.387 e.